The van der Waals surface area contributed by atoms with Crippen LogP contribution in [0.1, 0.15) is 20.8 Å². The molecule has 0 radical (unpaired) electrons. The zero-order valence-electron chi connectivity index (χ0n) is 6.92. The van der Waals surface area contributed by atoms with E-state index in [1.54, 1.807) is 0 Å². The van der Waals surface area contributed by atoms with Gasteiger partial charge in [0.25, 0.3) is 0 Å². The van der Waals surface area contributed by atoms with Crippen LogP contribution in [0.3, 0.4) is 0 Å². The third-order valence-electron chi connectivity index (χ3n) is 0.415. The van der Waals surface area contributed by atoms with E-state index in [0.717, 1.165) is 12.3 Å². The van der Waals surface area contributed by atoms with Gasteiger partial charge in [0.1, 0.15) is 0 Å². The summed E-state index contributed by atoms with van der Waals surface area (Å²) >= 11 is 0.998. The third kappa shape index (κ3) is 15.7. The van der Waals surface area contributed by atoms with E-state index < -0.39 is 0 Å². The van der Waals surface area contributed by atoms with E-state index in [2.05, 4.69) is 0 Å². The fourth-order valence-electron chi connectivity index (χ4n) is 0.164. The topological polar surface area (TPSA) is 44.5 Å². The minimum absolute atomic E-state index is 0.542. The Hall–Kier alpha value is 0.230. The molecule has 0 aliphatic rings. The first-order valence-electron chi connectivity index (χ1n) is 3.53. The normalized spacial score (nSPS) is 8.40. The quantitative estimate of drug-likeness (QED) is 0.499. The maximum Gasteiger partial charge on any atom is 0.158 e. The number of hydrogen-bond acceptors (Lipinski definition) is 4. The number of rotatable bonds is 5. The van der Waals surface area contributed by atoms with Gasteiger partial charge in [-0.3, -0.25) is 8.37 Å². The van der Waals surface area contributed by atoms with Gasteiger partial charge in [0.15, 0.2) is 12.3 Å². The molecule has 2 N–H and O–H groups in total. The van der Waals surface area contributed by atoms with Crippen molar-refractivity contribution >= 4 is 12.3 Å². The molecule has 10 heavy (non-hydrogen) atoms. The zero-order valence-corrected chi connectivity index (χ0v) is 7.74. The summed E-state index contributed by atoms with van der Waals surface area (Å²) in [4.78, 5) is 0. The lowest BCUT2D eigenvalue weighted by Gasteiger charge is -1.96. The summed E-state index contributed by atoms with van der Waals surface area (Å²) in [5.41, 5.74) is 5.12. The second kappa shape index (κ2) is 16.1. The highest BCUT2D eigenvalue weighted by molar-refractivity contribution is 7.89. The first-order chi connectivity index (χ1) is 4.91. The van der Waals surface area contributed by atoms with Gasteiger partial charge in [-0.25, -0.2) is 0 Å². The lowest BCUT2D eigenvalue weighted by molar-refractivity contribution is 0.303. The van der Waals surface area contributed by atoms with Crippen molar-refractivity contribution in [3.05, 3.63) is 0 Å². The summed E-state index contributed by atoms with van der Waals surface area (Å²) in [6.45, 7) is 7.65. The molecule has 0 spiro atoms. The molecule has 0 aromatic carbocycles. The van der Waals surface area contributed by atoms with Crippen molar-refractivity contribution in [2.45, 2.75) is 20.8 Å². The fraction of sp³-hybridized carbons (Fsp3) is 1.00. The lowest BCUT2D eigenvalue weighted by Crippen LogP contribution is -2.04. The molecule has 0 saturated carbocycles. The summed E-state index contributed by atoms with van der Waals surface area (Å²) in [7, 11) is 0. The Morgan fingerprint density at radius 1 is 1.30 bits per heavy atom. The molecular weight excluding hydrogens is 150 g/mol. The van der Waals surface area contributed by atoms with Crippen LogP contribution >= 0.6 is 12.3 Å². The first kappa shape index (κ1) is 12.9. The molecular formula is C6H17NO2S. The van der Waals surface area contributed by atoms with Crippen molar-refractivity contribution < 1.29 is 8.37 Å². The molecule has 0 amide bonds. The highest BCUT2D eigenvalue weighted by Crippen LogP contribution is 2.01. The van der Waals surface area contributed by atoms with E-state index in [1.165, 1.54) is 0 Å². The Kier molecular flexibility index (Phi) is 20.7. The predicted octanol–water partition coefficient (Wildman–Crippen LogP) is 1.59. The van der Waals surface area contributed by atoms with E-state index in [9.17, 15) is 0 Å². The average Bonchev–Trinajstić information content (AvgIpc) is 2.02. The standard InChI is InChI=1S/C4H11NO2S.C2H6/c1-2-6-8-7-4-3-5;1-2/h2-5H2,1H3;1-2H3. The maximum atomic E-state index is 5.12. The van der Waals surface area contributed by atoms with Crippen molar-refractivity contribution in [2.24, 2.45) is 5.73 Å². The molecule has 0 aromatic rings. The van der Waals surface area contributed by atoms with Crippen molar-refractivity contribution in [1.29, 1.82) is 0 Å². The predicted molar refractivity (Wildman–Crippen MR) is 45.6 cm³/mol. The second-order valence-corrected chi connectivity index (χ2v) is 1.69. The molecule has 0 rings (SSSR count). The summed E-state index contributed by atoms with van der Waals surface area (Å²) in [5.74, 6) is 0. The molecule has 3 nitrogen and oxygen atoms in total. The van der Waals surface area contributed by atoms with Gasteiger partial charge in [-0.2, -0.15) is 0 Å². The SMILES string of the molecule is CC.CCOSOCCN. The first-order valence-corrected chi connectivity index (χ1v) is 4.19. The summed E-state index contributed by atoms with van der Waals surface area (Å²) in [5, 5.41) is 0. The highest BCUT2D eigenvalue weighted by atomic mass is 32.2. The van der Waals surface area contributed by atoms with Crippen LogP contribution in [0, 0.1) is 0 Å². The number of hydrogen-bond donors (Lipinski definition) is 1. The Labute approximate surface area is 67.7 Å². The van der Waals surface area contributed by atoms with Crippen LogP contribution in [0.25, 0.3) is 0 Å². The summed E-state index contributed by atoms with van der Waals surface area (Å²) in [6.07, 6.45) is 0. The number of nitrogens with two attached hydrogens (primary N) is 1. The molecule has 0 heterocycles. The molecule has 0 bridgehead atoms. The molecule has 0 unspecified atom stereocenters. The highest BCUT2D eigenvalue weighted by Gasteiger charge is 1.83. The smallest absolute Gasteiger partial charge is 0.158 e. The monoisotopic (exact) mass is 167 g/mol. The second-order valence-electron chi connectivity index (χ2n) is 1.09. The average molecular weight is 167 g/mol. The van der Waals surface area contributed by atoms with E-state index in [0.29, 0.717) is 19.8 Å². The van der Waals surface area contributed by atoms with Crippen molar-refractivity contribution in [3.8, 4) is 0 Å². The van der Waals surface area contributed by atoms with Gasteiger partial charge >= 0.3 is 0 Å². The molecule has 4 heteroatoms. The van der Waals surface area contributed by atoms with Gasteiger partial charge in [-0.15, -0.1) is 0 Å². The zero-order chi connectivity index (χ0) is 8.24. The van der Waals surface area contributed by atoms with Crippen LogP contribution in [0.4, 0.5) is 0 Å². The molecule has 0 saturated heterocycles. The summed E-state index contributed by atoms with van der Waals surface area (Å²) in [6, 6.07) is 0. The van der Waals surface area contributed by atoms with Crippen LogP contribution in [0.15, 0.2) is 0 Å². The summed E-state index contributed by atoms with van der Waals surface area (Å²) < 4.78 is 9.57. The Balaban J connectivity index is 0. The van der Waals surface area contributed by atoms with Crippen LogP contribution in [-0.2, 0) is 8.37 Å². The molecule has 0 atom stereocenters. The van der Waals surface area contributed by atoms with Crippen LogP contribution in [0.5, 0.6) is 0 Å². The molecule has 0 aromatic heterocycles. The van der Waals surface area contributed by atoms with Crippen LogP contribution in [-0.4, -0.2) is 19.8 Å². The Bertz CT molecular complexity index is 40.7. The van der Waals surface area contributed by atoms with Crippen molar-refractivity contribution in [1.82, 2.24) is 0 Å². The Morgan fingerprint density at radius 2 is 1.90 bits per heavy atom. The molecule has 0 aliphatic heterocycles. The van der Waals surface area contributed by atoms with Crippen molar-refractivity contribution in [3.63, 3.8) is 0 Å². The fourth-order valence-corrected chi connectivity index (χ4v) is 0.493. The van der Waals surface area contributed by atoms with Gasteiger partial charge in [0, 0.05) is 6.54 Å². The van der Waals surface area contributed by atoms with Gasteiger partial charge in [-0.05, 0) is 6.92 Å². The third-order valence-corrected chi connectivity index (χ3v) is 1.01. The minimum Gasteiger partial charge on any atom is -0.328 e. The molecule has 64 valence electrons. The van der Waals surface area contributed by atoms with Crippen LogP contribution in [0.2, 0.25) is 0 Å². The van der Waals surface area contributed by atoms with Gasteiger partial charge in [-0.1, -0.05) is 13.8 Å². The largest absolute Gasteiger partial charge is 0.328 e. The van der Waals surface area contributed by atoms with Crippen LogP contribution < -0.4 is 5.73 Å². The van der Waals surface area contributed by atoms with Gasteiger partial charge in [0.05, 0.1) is 13.2 Å². The van der Waals surface area contributed by atoms with Crippen molar-refractivity contribution in [2.75, 3.05) is 19.8 Å². The maximum absolute atomic E-state index is 5.12. The van der Waals surface area contributed by atoms with E-state index in [1.807, 2.05) is 20.8 Å². The molecule has 0 aliphatic carbocycles. The minimum atomic E-state index is 0.542. The van der Waals surface area contributed by atoms with E-state index in [-0.39, 0.29) is 0 Å². The lowest BCUT2D eigenvalue weighted by atomic mass is 10.8. The molecule has 0 fully saturated rings. The van der Waals surface area contributed by atoms with Gasteiger partial charge < -0.3 is 5.73 Å². The Morgan fingerprint density at radius 3 is 2.30 bits per heavy atom. The van der Waals surface area contributed by atoms with E-state index in [4.69, 9.17) is 14.1 Å². The van der Waals surface area contributed by atoms with E-state index >= 15 is 0 Å². The van der Waals surface area contributed by atoms with Gasteiger partial charge in [0.2, 0.25) is 0 Å².